The first-order chi connectivity index (χ1) is 14.3. The molecule has 0 aromatic heterocycles. The molecule has 30 heavy (non-hydrogen) atoms. The molecule has 3 amide bonds. The van der Waals surface area contributed by atoms with E-state index in [1.165, 1.54) is 22.9 Å². The Morgan fingerprint density at radius 2 is 1.83 bits per heavy atom. The normalized spacial score (nSPS) is 23.3. The predicted octanol–water partition coefficient (Wildman–Crippen LogP) is 1.75. The molecule has 4 rings (SSSR count). The Bertz CT molecular complexity index is 921. The van der Waals surface area contributed by atoms with Crippen molar-refractivity contribution in [2.24, 2.45) is 0 Å². The lowest BCUT2D eigenvalue weighted by atomic mass is 9.96. The summed E-state index contributed by atoms with van der Waals surface area (Å²) in [5, 5.41) is 5.76. The molecule has 2 fully saturated rings. The number of urea groups is 1. The van der Waals surface area contributed by atoms with Gasteiger partial charge in [0.2, 0.25) is 10.0 Å². The fourth-order valence-corrected chi connectivity index (χ4v) is 5.59. The molecule has 1 saturated carbocycles. The minimum absolute atomic E-state index is 0.0970. The minimum atomic E-state index is -3.73. The van der Waals surface area contributed by atoms with Gasteiger partial charge in [-0.1, -0.05) is 19.3 Å². The van der Waals surface area contributed by atoms with E-state index in [4.69, 9.17) is 4.74 Å². The highest BCUT2D eigenvalue weighted by Crippen LogP contribution is 2.33. The number of carbonyl (C=O) groups is 2. The maximum absolute atomic E-state index is 13.1. The van der Waals surface area contributed by atoms with Gasteiger partial charge in [-0.25, -0.2) is 13.2 Å². The lowest BCUT2D eigenvalue weighted by Crippen LogP contribution is -2.54. The van der Waals surface area contributed by atoms with Gasteiger partial charge in [-0.15, -0.1) is 0 Å². The van der Waals surface area contributed by atoms with Crippen molar-refractivity contribution in [3.63, 3.8) is 0 Å². The van der Waals surface area contributed by atoms with E-state index in [2.05, 4.69) is 10.6 Å². The van der Waals surface area contributed by atoms with Crippen LogP contribution in [0.1, 0.15) is 39.0 Å². The van der Waals surface area contributed by atoms with Gasteiger partial charge in [0.05, 0.1) is 10.6 Å². The second kappa shape index (κ2) is 8.43. The highest BCUT2D eigenvalue weighted by atomic mass is 32.2. The summed E-state index contributed by atoms with van der Waals surface area (Å²) in [5.74, 6) is 0.139. The van der Waals surface area contributed by atoms with Crippen LogP contribution in [-0.2, 0) is 14.8 Å². The zero-order chi connectivity index (χ0) is 21.3. The fraction of sp³-hybridized carbons (Fsp3) is 0.600. The van der Waals surface area contributed by atoms with Crippen molar-refractivity contribution in [3.05, 3.63) is 18.2 Å². The number of nitrogens with zero attached hydrogens (tertiary/aromatic N) is 2. The third-order valence-corrected chi connectivity index (χ3v) is 7.87. The summed E-state index contributed by atoms with van der Waals surface area (Å²) in [4.78, 5) is 26.1. The fourth-order valence-electron chi connectivity index (χ4n) is 4.14. The molecule has 1 atom stereocenters. The Labute approximate surface area is 176 Å². The second-order valence-corrected chi connectivity index (χ2v) is 10.0. The van der Waals surface area contributed by atoms with Gasteiger partial charge in [0, 0.05) is 32.2 Å². The van der Waals surface area contributed by atoms with Crippen LogP contribution in [0.4, 0.5) is 10.5 Å². The van der Waals surface area contributed by atoms with Crippen molar-refractivity contribution >= 4 is 27.6 Å². The third-order valence-electron chi connectivity index (χ3n) is 5.98. The molecule has 164 valence electrons. The van der Waals surface area contributed by atoms with E-state index in [0.717, 1.165) is 25.7 Å². The molecule has 0 spiro atoms. The van der Waals surface area contributed by atoms with Gasteiger partial charge in [0.15, 0.2) is 6.10 Å². The van der Waals surface area contributed by atoms with Gasteiger partial charge in [0.1, 0.15) is 5.75 Å². The molecule has 1 saturated heterocycles. The SMILES string of the molecule is CC1Oc2ccc(S(=O)(=O)N3CCN(C(=O)NC4CCCCC4)CC3)cc2NC1=O. The summed E-state index contributed by atoms with van der Waals surface area (Å²) in [6.07, 6.45) is 4.91. The van der Waals surface area contributed by atoms with Crippen LogP contribution in [0.3, 0.4) is 0 Å². The van der Waals surface area contributed by atoms with Gasteiger partial charge in [0.25, 0.3) is 5.91 Å². The first-order valence-corrected chi connectivity index (χ1v) is 12.0. The lowest BCUT2D eigenvalue weighted by Gasteiger charge is -2.35. The number of hydrogen-bond acceptors (Lipinski definition) is 5. The number of benzene rings is 1. The van der Waals surface area contributed by atoms with Crippen LogP contribution in [0.15, 0.2) is 23.1 Å². The Kier molecular flexibility index (Phi) is 5.88. The quantitative estimate of drug-likeness (QED) is 0.751. The molecule has 2 aliphatic heterocycles. The molecule has 2 N–H and O–H groups in total. The Morgan fingerprint density at radius 1 is 1.13 bits per heavy atom. The number of piperazine rings is 1. The van der Waals surface area contributed by atoms with Crippen LogP contribution in [0.25, 0.3) is 0 Å². The number of amides is 3. The monoisotopic (exact) mass is 436 g/mol. The number of rotatable bonds is 3. The molecule has 1 aromatic rings. The molecule has 2 heterocycles. The van der Waals surface area contributed by atoms with Gasteiger partial charge >= 0.3 is 6.03 Å². The topological polar surface area (TPSA) is 108 Å². The average molecular weight is 437 g/mol. The van der Waals surface area contributed by atoms with E-state index < -0.39 is 16.1 Å². The van der Waals surface area contributed by atoms with E-state index in [1.807, 2.05) is 0 Å². The number of anilines is 1. The summed E-state index contributed by atoms with van der Waals surface area (Å²) in [6.45, 7) is 2.79. The molecule has 0 radical (unpaired) electrons. The molecule has 1 unspecified atom stereocenters. The van der Waals surface area contributed by atoms with Crippen LogP contribution in [0.5, 0.6) is 5.75 Å². The second-order valence-electron chi connectivity index (χ2n) is 8.08. The lowest BCUT2D eigenvalue weighted by molar-refractivity contribution is -0.122. The van der Waals surface area contributed by atoms with Crippen molar-refractivity contribution in [1.82, 2.24) is 14.5 Å². The Morgan fingerprint density at radius 3 is 2.53 bits per heavy atom. The van der Waals surface area contributed by atoms with Gasteiger partial charge < -0.3 is 20.3 Å². The number of ether oxygens (including phenoxy) is 1. The molecule has 1 aromatic carbocycles. The van der Waals surface area contributed by atoms with Crippen molar-refractivity contribution in [3.8, 4) is 5.75 Å². The highest BCUT2D eigenvalue weighted by molar-refractivity contribution is 7.89. The molecule has 9 nitrogen and oxygen atoms in total. The summed E-state index contributed by atoms with van der Waals surface area (Å²) >= 11 is 0. The van der Waals surface area contributed by atoms with Crippen molar-refractivity contribution in [1.29, 1.82) is 0 Å². The average Bonchev–Trinajstić information content (AvgIpc) is 2.75. The molecular formula is C20H28N4O5S. The van der Waals surface area contributed by atoms with Gasteiger partial charge in [-0.2, -0.15) is 4.31 Å². The number of hydrogen-bond donors (Lipinski definition) is 2. The van der Waals surface area contributed by atoms with Crippen molar-refractivity contribution in [2.45, 2.75) is 56.1 Å². The number of carbonyl (C=O) groups excluding carboxylic acids is 2. The van der Waals surface area contributed by atoms with E-state index >= 15 is 0 Å². The van der Waals surface area contributed by atoms with Crippen LogP contribution in [0, 0.1) is 0 Å². The maximum Gasteiger partial charge on any atom is 0.317 e. The van der Waals surface area contributed by atoms with Crippen LogP contribution >= 0.6 is 0 Å². The highest BCUT2D eigenvalue weighted by Gasteiger charge is 2.32. The number of sulfonamides is 1. The molecular weight excluding hydrogens is 408 g/mol. The summed E-state index contributed by atoms with van der Waals surface area (Å²) in [5.41, 5.74) is 0.352. The van der Waals surface area contributed by atoms with E-state index in [1.54, 1.807) is 17.9 Å². The van der Waals surface area contributed by atoms with Crippen molar-refractivity contribution in [2.75, 3.05) is 31.5 Å². The van der Waals surface area contributed by atoms with E-state index in [-0.39, 0.29) is 36.0 Å². The largest absolute Gasteiger partial charge is 0.479 e. The van der Waals surface area contributed by atoms with Crippen LogP contribution in [0.2, 0.25) is 0 Å². The summed E-state index contributed by atoms with van der Waals surface area (Å²) in [7, 11) is -3.73. The molecule has 1 aliphatic carbocycles. The maximum atomic E-state index is 13.1. The Hall–Kier alpha value is -2.33. The minimum Gasteiger partial charge on any atom is -0.479 e. The zero-order valence-electron chi connectivity index (χ0n) is 17.1. The standard InChI is InChI=1S/C20H28N4O5S/c1-14-19(25)22-17-13-16(7-8-18(17)29-14)30(27,28)24-11-9-23(10-12-24)20(26)21-15-5-3-2-4-6-15/h7-8,13-15H,2-6,9-12H2,1H3,(H,21,26)(H,22,25). The zero-order valence-corrected chi connectivity index (χ0v) is 17.9. The first kappa shape index (κ1) is 20.9. The third kappa shape index (κ3) is 4.24. The van der Waals surface area contributed by atoms with Gasteiger partial charge in [-0.3, -0.25) is 4.79 Å². The van der Waals surface area contributed by atoms with E-state index in [0.29, 0.717) is 24.5 Å². The molecule has 0 bridgehead atoms. The van der Waals surface area contributed by atoms with Gasteiger partial charge in [-0.05, 0) is 38.0 Å². The predicted molar refractivity (Wildman–Crippen MR) is 111 cm³/mol. The molecule has 10 heteroatoms. The Balaban J connectivity index is 1.38. The number of nitrogens with one attached hydrogen (secondary N) is 2. The van der Waals surface area contributed by atoms with Crippen molar-refractivity contribution < 1.29 is 22.7 Å². The smallest absolute Gasteiger partial charge is 0.317 e. The number of fused-ring (bicyclic) bond motifs is 1. The summed E-state index contributed by atoms with van der Waals surface area (Å²) < 4.78 is 33.0. The molecule has 3 aliphatic rings. The summed E-state index contributed by atoms with van der Waals surface area (Å²) in [6, 6.07) is 4.59. The first-order valence-electron chi connectivity index (χ1n) is 10.5. The van der Waals surface area contributed by atoms with E-state index in [9.17, 15) is 18.0 Å². The van der Waals surface area contributed by atoms with Crippen LogP contribution < -0.4 is 15.4 Å². The van der Waals surface area contributed by atoms with Crippen LogP contribution in [-0.4, -0.2) is 67.9 Å².